The summed E-state index contributed by atoms with van der Waals surface area (Å²) in [6.45, 7) is 5.91. The number of carbonyl (C=O) groups is 3. The number of nitrogens with zero attached hydrogens (tertiary/aromatic N) is 2. The SMILES string of the molecule is COC(=O)N[C@H](C(=O)N1CCC[C@@]1(C)C(=O)Nc1ccc2nc(Br)sc2c1)C(C)C. The molecule has 2 aromatic rings. The van der Waals surface area contributed by atoms with Crippen molar-refractivity contribution in [1.29, 1.82) is 0 Å². The molecule has 8 nitrogen and oxygen atoms in total. The molecule has 1 aliphatic heterocycles. The standard InChI is InChI=1S/C20H25BrN4O4S/c1-11(2)15(24-19(28)29-4)16(26)25-9-5-8-20(25,3)17(27)22-12-6-7-13-14(10-12)30-18(21)23-13/h6-7,10-11,15H,5,8-9H2,1-4H3,(H,22,27)(H,24,28)/t15-,20-/m0/s1. The lowest BCUT2D eigenvalue weighted by Crippen LogP contribution is -2.59. The Morgan fingerprint density at radius 3 is 2.73 bits per heavy atom. The van der Waals surface area contributed by atoms with E-state index in [2.05, 4.69) is 36.3 Å². The molecule has 1 fully saturated rings. The number of thiazole rings is 1. The first kappa shape index (κ1) is 22.5. The Kier molecular flexibility index (Phi) is 6.66. The first-order valence-corrected chi connectivity index (χ1v) is 11.3. The van der Waals surface area contributed by atoms with Gasteiger partial charge in [0.1, 0.15) is 11.6 Å². The van der Waals surface area contributed by atoms with Gasteiger partial charge in [0, 0.05) is 12.2 Å². The van der Waals surface area contributed by atoms with Gasteiger partial charge in [-0.15, -0.1) is 11.3 Å². The van der Waals surface area contributed by atoms with Crippen LogP contribution in [0.3, 0.4) is 0 Å². The van der Waals surface area contributed by atoms with E-state index in [4.69, 9.17) is 0 Å². The smallest absolute Gasteiger partial charge is 0.407 e. The minimum Gasteiger partial charge on any atom is -0.453 e. The predicted molar refractivity (Wildman–Crippen MR) is 119 cm³/mol. The zero-order chi connectivity index (χ0) is 22.1. The van der Waals surface area contributed by atoms with Crippen LogP contribution in [0.1, 0.15) is 33.6 Å². The molecule has 2 atom stereocenters. The molecule has 0 saturated carbocycles. The number of halogens is 1. The van der Waals surface area contributed by atoms with Crippen LogP contribution < -0.4 is 10.6 Å². The number of nitrogens with one attached hydrogen (secondary N) is 2. The van der Waals surface area contributed by atoms with Gasteiger partial charge in [-0.1, -0.05) is 13.8 Å². The number of carbonyl (C=O) groups excluding carboxylic acids is 3. The fraction of sp³-hybridized carbons (Fsp3) is 0.500. The number of rotatable bonds is 5. The van der Waals surface area contributed by atoms with Crippen molar-refractivity contribution in [3.8, 4) is 0 Å². The van der Waals surface area contributed by atoms with Crippen molar-refractivity contribution >= 4 is 61.1 Å². The molecule has 0 bridgehead atoms. The second-order valence-electron chi connectivity index (χ2n) is 7.83. The van der Waals surface area contributed by atoms with Crippen LogP contribution >= 0.6 is 27.3 Å². The largest absolute Gasteiger partial charge is 0.453 e. The molecule has 0 spiro atoms. The molecular formula is C20H25BrN4O4S. The Bertz CT molecular complexity index is 979. The molecule has 0 aliphatic carbocycles. The van der Waals surface area contributed by atoms with Gasteiger partial charge in [-0.3, -0.25) is 9.59 Å². The summed E-state index contributed by atoms with van der Waals surface area (Å²) in [6, 6.07) is 4.75. The van der Waals surface area contributed by atoms with E-state index < -0.39 is 17.7 Å². The van der Waals surface area contributed by atoms with Crippen LogP contribution in [0.5, 0.6) is 0 Å². The molecule has 10 heteroatoms. The van der Waals surface area contributed by atoms with Gasteiger partial charge in [0.2, 0.25) is 11.8 Å². The molecule has 0 radical (unpaired) electrons. The zero-order valence-electron chi connectivity index (χ0n) is 17.3. The van der Waals surface area contributed by atoms with Gasteiger partial charge < -0.3 is 20.3 Å². The second kappa shape index (κ2) is 8.89. The van der Waals surface area contributed by atoms with E-state index in [0.29, 0.717) is 25.1 Å². The number of anilines is 1. The Morgan fingerprint density at radius 2 is 2.07 bits per heavy atom. The van der Waals surface area contributed by atoms with Gasteiger partial charge in [-0.25, -0.2) is 9.78 Å². The fourth-order valence-electron chi connectivity index (χ4n) is 3.66. The van der Waals surface area contributed by atoms with Crippen LogP contribution in [0.25, 0.3) is 10.2 Å². The van der Waals surface area contributed by atoms with E-state index in [1.54, 1.807) is 17.9 Å². The number of likely N-dealkylation sites (tertiary alicyclic amines) is 1. The van der Waals surface area contributed by atoms with E-state index in [-0.39, 0.29) is 17.7 Å². The summed E-state index contributed by atoms with van der Waals surface area (Å²) in [4.78, 5) is 44.1. The van der Waals surface area contributed by atoms with Gasteiger partial charge in [0.15, 0.2) is 3.92 Å². The van der Waals surface area contributed by atoms with Crippen molar-refractivity contribution in [2.75, 3.05) is 19.0 Å². The van der Waals surface area contributed by atoms with Crippen molar-refractivity contribution < 1.29 is 19.1 Å². The highest BCUT2D eigenvalue weighted by Gasteiger charge is 2.47. The summed E-state index contributed by atoms with van der Waals surface area (Å²) in [5.41, 5.74) is 0.491. The van der Waals surface area contributed by atoms with Crippen LogP contribution in [0.2, 0.25) is 0 Å². The molecule has 162 valence electrons. The van der Waals surface area contributed by atoms with Crippen molar-refractivity contribution in [1.82, 2.24) is 15.2 Å². The highest BCUT2D eigenvalue weighted by Crippen LogP contribution is 2.33. The van der Waals surface area contributed by atoms with Crippen LogP contribution in [0, 0.1) is 5.92 Å². The third kappa shape index (κ3) is 4.44. The lowest BCUT2D eigenvalue weighted by Gasteiger charge is -2.37. The molecule has 1 aliphatic rings. The first-order valence-electron chi connectivity index (χ1n) is 9.69. The van der Waals surface area contributed by atoms with E-state index >= 15 is 0 Å². The molecule has 1 aromatic carbocycles. The number of ether oxygens (including phenoxy) is 1. The number of benzene rings is 1. The quantitative estimate of drug-likeness (QED) is 0.656. The monoisotopic (exact) mass is 496 g/mol. The average Bonchev–Trinajstić information content (AvgIpc) is 3.27. The number of fused-ring (bicyclic) bond motifs is 1. The summed E-state index contributed by atoms with van der Waals surface area (Å²) in [5.74, 6) is -0.694. The average molecular weight is 497 g/mol. The van der Waals surface area contributed by atoms with Gasteiger partial charge in [0.25, 0.3) is 0 Å². The van der Waals surface area contributed by atoms with Crippen LogP contribution in [0.4, 0.5) is 10.5 Å². The summed E-state index contributed by atoms with van der Waals surface area (Å²) < 4.78 is 6.38. The maximum atomic E-state index is 13.3. The van der Waals surface area contributed by atoms with E-state index in [0.717, 1.165) is 14.1 Å². The minimum absolute atomic E-state index is 0.156. The van der Waals surface area contributed by atoms with E-state index in [9.17, 15) is 14.4 Å². The van der Waals surface area contributed by atoms with Crippen molar-refractivity contribution in [3.05, 3.63) is 22.1 Å². The number of methoxy groups -OCH3 is 1. The highest BCUT2D eigenvalue weighted by molar-refractivity contribution is 9.11. The Balaban J connectivity index is 1.80. The maximum Gasteiger partial charge on any atom is 0.407 e. The zero-order valence-corrected chi connectivity index (χ0v) is 19.7. The van der Waals surface area contributed by atoms with Crippen molar-refractivity contribution in [3.63, 3.8) is 0 Å². The predicted octanol–water partition coefficient (Wildman–Crippen LogP) is 3.76. The Hall–Kier alpha value is -2.20. The fourth-order valence-corrected chi connectivity index (χ4v) is 5.10. The van der Waals surface area contributed by atoms with Crippen molar-refractivity contribution in [2.45, 2.75) is 45.2 Å². The number of hydrogen-bond donors (Lipinski definition) is 2. The molecular weight excluding hydrogens is 472 g/mol. The van der Waals surface area contributed by atoms with E-state index in [1.807, 2.05) is 26.0 Å². The summed E-state index contributed by atoms with van der Waals surface area (Å²) >= 11 is 4.85. The van der Waals surface area contributed by atoms with Crippen LogP contribution in [-0.4, -0.2) is 53.0 Å². The molecule has 3 amide bonds. The van der Waals surface area contributed by atoms with Gasteiger partial charge in [-0.05, 0) is 59.8 Å². The second-order valence-corrected chi connectivity index (χ2v) is 10.1. The third-order valence-corrected chi connectivity index (χ3v) is 6.88. The molecule has 3 rings (SSSR count). The number of aromatic nitrogens is 1. The summed E-state index contributed by atoms with van der Waals surface area (Å²) in [5, 5.41) is 5.55. The topological polar surface area (TPSA) is 101 Å². The molecule has 0 unspecified atom stereocenters. The van der Waals surface area contributed by atoms with Gasteiger partial charge in [-0.2, -0.15) is 0 Å². The third-order valence-electron chi connectivity index (χ3n) is 5.41. The highest BCUT2D eigenvalue weighted by atomic mass is 79.9. The van der Waals surface area contributed by atoms with Gasteiger partial charge in [0.05, 0.1) is 17.3 Å². The molecule has 2 N–H and O–H groups in total. The lowest BCUT2D eigenvalue weighted by atomic mass is 9.95. The minimum atomic E-state index is -1.01. The molecule has 30 heavy (non-hydrogen) atoms. The number of amides is 3. The molecule has 1 saturated heterocycles. The number of hydrogen-bond acceptors (Lipinski definition) is 6. The lowest BCUT2D eigenvalue weighted by molar-refractivity contribution is -0.144. The Labute approximate surface area is 187 Å². The van der Waals surface area contributed by atoms with Crippen LogP contribution in [-0.2, 0) is 14.3 Å². The van der Waals surface area contributed by atoms with Crippen molar-refractivity contribution in [2.24, 2.45) is 5.92 Å². The molecule has 2 heterocycles. The molecule has 1 aromatic heterocycles. The van der Waals surface area contributed by atoms with Gasteiger partial charge >= 0.3 is 6.09 Å². The van der Waals surface area contributed by atoms with E-state index in [1.165, 1.54) is 18.4 Å². The maximum absolute atomic E-state index is 13.3. The summed E-state index contributed by atoms with van der Waals surface area (Å²) in [7, 11) is 1.25. The number of alkyl carbamates (subject to hydrolysis) is 1. The first-order chi connectivity index (χ1) is 14.2. The van der Waals surface area contributed by atoms with Crippen LogP contribution in [0.15, 0.2) is 22.1 Å². The Morgan fingerprint density at radius 1 is 1.33 bits per heavy atom. The summed E-state index contributed by atoms with van der Waals surface area (Å²) in [6.07, 6.45) is 0.581. The normalized spacial score (nSPS) is 19.7.